The summed E-state index contributed by atoms with van der Waals surface area (Å²) >= 11 is 1.59. The lowest BCUT2D eigenvalue weighted by Gasteiger charge is -2.10. The molecule has 0 aromatic heterocycles. The molecule has 0 fully saturated rings. The van der Waals surface area contributed by atoms with Gasteiger partial charge in [0.1, 0.15) is 10.8 Å². The molecule has 0 bridgehead atoms. The molecular weight excluding hydrogens is 382 g/mol. The van der Waals surface area contributed by atoms with E-state index in [0.29, 0.717) is 11.5 Å². The Morgan fingerprint density at radius 3 is 2.10 bits per heavy atom. The van der Waals surface area contributed by atoms with E-state index in [2.05, 4.69) is 12.1 Å². The Balaban J connectivity index is 1.89. The van der Waals surface area contributed by atoms with Crippen LogP contribution in [0.15, 0.2) is 101 Å². The highest BCUT2D eigenvalue weighted by Gasteiger charge is 2.08. The molecule has 0 saturated heterocycles. The molecular formula is C24H23NO3S. The fraction of sp³-hybridized carbons (Fsp3) is 0.125. The Morgan fingerprint density at radius 2 is 1.45 bits per heavy atom. The first-order valence-electron chi connectivity index (χ1n) is 9.12. The minimum atomic E-state index is 0.655. The van der Waals surface area contributed by atoms with Crippen LogP contribution >= 0.6 is 11.8 Å². The third-order valence-electron chi connectivity index (χ3n) is 4.03. The highest BCUT2D eigenvalue weighted by molar-refractivity contribution is 8.14. The molecule has 0 aliphatic heterocycles. The van der Waals surface area contributed by atoms with Gasteiger partial charge < -0.3 is 14.2 Å². The molecule has 0 spiro atoms. The largest absolute Gasteiger partial charge is 0.497 e. The topological polar surface area (TPSA) is 40.0 Å². The Bertz CT molecular complexity index is 983. The summed E-state index contributed by atoms with van der Waals surface area (Å²) in [6, 6.07) is 25.3. The second-order valence-corrected chi connectivity index (χ2v) is 7.16. The molecule has 29 heavy (non-hydrogen) atoms. The molecule has 3 aromatic carbocycles. The number of hydrogen-bond acceptors (Lipinski definition) is 5. The van der Waals surface area contributed by atoms with E-state index in [0.717, 1.165) is 26.9 Å². The molecule has 0 aliphatic carbocycles. The SMILES string of the molecule is COc1ccc(/N=C(Sc2ccccc2)\C(C)=C\Oc2ccccc2OC)cc1. The van der Waals surface area contributed by atoms with Gasteiger partial charge in [0, 0.05) is 10.5 Å². The first kappa shape index (κ1) is 20.6. The third kappa shape index (κ3) is 5.90. The maximum absolute atomic E-state index is 5.88. The standard InChI is InChI=1S/C24H23NO3S/c1-18(17-28-23-12-8-7-11-22(23)27-3)24(29-21-9-5-4-6-10-21)25-19-13-15-20(26-2)16-14-19/h4-17H,1-3H3/b18-17+,25-24+. The second-order valence-electron chi connectivity index (χ2n) is 6.10. The van der Waals surface area contributed by atoms with Gasteiger partial charge in [0.15, 0.2) is 11.5 Å². The average molecular weight is 406 g/mol. The fourth-order valence-corrected chi connectivity index (χ4v) is 3.36. The van der Waals surface area contributed by atoms with Gasteiger partial charge in [-0.1, -0.05) is 42.1 Å². The molecule has 0 N–H and O–H groups in total. The van der Waals surface area contributed by atoms with Crippen LogP contribution in [0, 0.1) is 0 Å². The van der Waals surface area contributed by atoms with E-state index in [1.807, 2.05) is 73.7 Å². The first-order chi connectivity index (χ1) is 14.2. The van der Waals surface area contributed by atoms with Crippen molar-refractivity contribution < 1.29 is 14.2 Å². The summed E-state index contributed by atoms with van der Waals surface area (Å²) in [5.41, 5.74) is 1.75. The van der Waals surface area contributed by atoms with Gasteiger partial charge in [0.25, 0.3) is 0 Å². The molecule has 0 unspecified atom stereocenters. The van der Waals surface area contributed by atoms with E-state index in [1.54, 1.807) is 32.2 Å². The van der Waals surface area contributed by atoms with Gasteiger partial charge in [0.05, 0.1) is 26.2 Å². The number of methoxy groups -OCH3 is 2. The summed E-state index contributed by atoms with van der Waals surface area (Å²) in [7, 11) is 3.28. The van der Waals surface area contributed by atoms with Crippen LogP contribution < -0.4 is 14.2 Å². The lowest BCUT2D eigenvalue weighted by atomic mass is 10.3. The van der Waals surface area contributed by atoms with Crippen molar-refractivity contribution in [1.29, 1.82) is 0 Å². The van der Waals surface area contributed by atoms with E-state index in [1.165, 1.54) is 0 Å². The highest BCUT2D eigenvalue weighted by atomic mass is 32.2. The Labute approximate surface area is 175 Å². The van der Waals surface area contributed by atoms with Gasteiger partial charge >= 0.3 is 0 Å². The van der Waals surface area contributed by atoms with E-state index >= 15 is 0 Å². The van der Waals surface area contributed by atoms with Crippen molar-refractivity contribution >= 4 is 22.5 Å². The lowest BCUT2D eigenvalue weighted by molar-refractivity contribution is 0.377. The molecule has 0 aliphatic rings. The fourth-order valence-electron chi connectivity index (χ4n) is 2.48. The quantitative estimate of drug-likeness (QED) is 0.194. The van der Waals surface area contributed by atoms with Crippen molar-refractivity contribution in [2.24, 2.45) is 4.99 Å². The molecule has 3 rings (SSSR count). The van der Waals surface area contributed by atoms with E-state index in [9.17, 15) is 0 Å². The summed E-state index contributed by atoms with van der Waals surface area (Å²) in [5, 5.41) is 0.844. The number of ether oxygens (including phenoxy) is 3. The number of para-hydroxylation sites is 2. The van der Waals surface area contributed by atoms with Crippen LogP contribution in [-0.4, -0.2) is 19.3 Å². The van der Waals surface area contributed by atoms with Crippen molar-refractivity contribution in [3.05, 3.63) is 90.7 Å². The van der Waals surface area contributed by atoms with Crippen molar-refractivity contribution in [1.82, 2.24) is 0 Å². The Kier molecular flexibility index (Phi) is 7.36. The van der Waals surface area contributed by atoms with E-state index < -0.39 is 0 Å². The van der Waals surface area contributed by atoms with Crippen molar-refractivity contribution in [2.45, 2.75) is 11.8 Å². The maximum Gasteiger partial charge on any atom is 0.168 e. The number of rotatable bonds is 7. The van der Waals surface area contributed by atoms with Gasteiger partial charge in [-0.05, 0) is 55.5 Å². The monoisotopic (exact) mass is 405 g/mol. The Hall–Kier alpha value is -3.18. The van der Waals surface area contributed by atoms with Crippen LogP contribution in [0.3, 0.4) is 0 Å². The van der Waals surface area contributed by atoms with Gasteiger partial charge in [0.2, 0.25) is 0 Å². The average Bonchev–Trinajstić information content (AvgIpc) is 2.78. The predicted octanol–water partition coefficient (Wildman–Crippen LogP) is 6.51. The normalized spacial score (nSPS) is 11.8. The number of hydrogen-bond donors (Lipinski definition) is 0. The minimum Gasteiger partial charge on any atom is -0.497 e. The summed E-state index contributed by atoms with van der Waals surface area (Å²) in [6.07, 6.45) is 1.70. The predicted molar refractivity (Wildman–Crippen MR) is 120 cm³/mol. The van der Waals surface area contributed by atoms with Crippen molar-refractivity contribution in [2.75, 3.05) is 14.2 Å². The molecule has 0 atom stereocenters. The lowest BCUT2D eigenvalue weighted by Crippen LogP contribution is -1.98. The van der Waals surface area contributed by atoms with Crippen LogP contribution in [-0.2, 0) is 0 Å². The van der Waals surface area contributed by atoms with E-state index in [4.69, 9.17) is 19.2 Å². The zero-order valence-electron chi connectivity index (χ0n) is 16.7. The first-order valence-corrected chi connectivity index (χ1v) is 9.93. The third-order valence-corrected chi connectivity index (χ3v) is 5.14. The van der Waals surface area contributed by atoms with Crippen LogP contribution in [0.25, 0.3) is 0 Å². The Morgan fingerprint density at radius 1 is 0.793 bits per heavy atom. The number of aliphatic imine (C=N–C) groups is 1. The minimum absolute atomic E-state index is 0.655. The molecule has 5 heteroatoms. The molecule has 0 heterocycles. The smallest absolute Gasteiger partial charge is 0.168 e. The highest BCUT2D eigenvalue weighted by Crippen LogP contribution is 2.29. The van der Waals surface area contributed by atoms with Gasteiger partial charge in [-0.3, -0.25) is 0 Å². The van der Waals surface area contributed by atoms with Crippen molar-refractivity contribution in [3.63, 3.8) is 0 Å². The summed E-state index contributed by atoms with van der Waals surface area (Å²) in [5.74, 6) is 2.14. The van der Waals surface area contributed by atoms with Crippen LogP contribution in [0.1, 0.15) is 6.92 Å². The zero-order valence-corrected chi connectivity index (χ0v) is 17.5. The zero-order chi connectivity index (χ0) is 20.5. The molecule has 0 amide bonds. The molecule has 3 aromatic rings. The number of benzene rings is 3. The van der Waals surface area contributed by atoms with Gasteiger partial charge in [-0.15, -0.1) is 0 Å². The number of thioether (sulfide) groups is 1. The maximum atomic E-state index is 5.88. The van der Waals surface area contributed by atoms with Crippen LogP contribution in [0.5, 0.6) is 17.2 Å². The molecule has 148 valence electrons. The van der Waals surface area contributed by atoms with E-state index in [-0.39, 0.29) is 0 Å². The summed E-state index contributed by atoms with van der Waals surface area (Å²) in [4.78, 5) is 5.93. The van der Waals surface area contributed by atoms with Crippen LogP contribution in [0.4, 0.5) is 5.69 Å². The van der Waals surface area contributed by atoms with Crippen molar-refractivity contribution in [3.8, 4) is 17.2 Å². The van der Waals surface area contributed by atoms with Crippen LogP contribution in [0.2, 0.25) is 0 Å². The molecule has 4 nitrogen and oxygen atoms in total. The van der Waals surface area contributed by atoms with Gasteiger partial charge in [-0.2, -0.15) is 0 Å². The molecule has 0 radical (unpaired) electrons. The second kappa shape index (κ2) is 10.4. The number of nitrogens with zero attached hydrogens (tertiary/aromatic N) is 1. The van der Waals surface area contributed by atoms with Gasteiger partial charge in [-0.25, -0.2) is 4.99 Å². The summed E-state index contributed by atoms with van der Waals surface area (Å²) < 4.78 is 16.5. The molecule has 0 saturated carbocycles. The summed E-state index contributed by atoms with van der Waals surface area (Å²) in [6.45, 7) is 1.98.